The van der Waals surface area contributed by atoms with Gasteiger partial charge in [0.2, 0.25) is 0 Å². The van der Waals surface area contributed by atoms with Gasteiger partial charge >= 0.3 is 5.97 Å². The van der Waals surface area contributed by atoms with Crippen molar-refractivity contribution < 1.29 is 14.6 Å². The molecule has 0 saturated heterocycles. The molecule has 1 aliphatic carbocycles. The molecular weight excluding hydrogens is 254 g/mol. The van der Waals surface area contributed by atoms with E-state index >= 15 is 0 Å². The summed E-state index contributed by atoms with van der Waals surface area (Å²) in [6, 6.07) is 1.61. The summed E-state index contributed by atoms with van der Waals surface area (Å²) in [7, 11) is 0. The van der Waals surface area contributed by atoms with Crippen molar-refractivity contribution in [2.45, 2.75) is 39.3 Å². The summed E-state index contributed by atoms with van der Waals surface area (Å²) < 4.78 is 7.42. The highest BCUT2D eigenvalue weighted by Crippen LogP contribution is 2.52. The lowest BCUT2D eigenvalue weighted by Gasteiger charge is -2.52. The second-order valence-electron chi connectivity index (χ2n) is 5.27. The van der Waals surface area contributed by atoms with Crippen molar-refractivity contribution in [2.75, 3.05) is 6.61 Å². The first-order valence-electron chi connectivity index (χ1n) is 6.10. The van der Waals surface area contributed by atoms with Gasteiger partial charge in [0.25, 0.3) is 0 Å². The van der Waals surface area contributed by atoms with Crippen molar-refractivity contribution in [1.82, 2.24) is 4.57 Å². The van der Waals surface area contributed by atoms with E-state index in [4.69, 9.17) is 16.3 Å². The zero-order valence-electron chi connectivity index (χ0n) is 10.8. The molecule has 18 heavy (non-hydrogen) atoms. The van der Waals surface area contributed by atoms with Crippen LogP contribution < -0.4 is 0 Å². The highest BCUT2D eigenvalue weighted by Gasteiger charge is 2.50. The maximum atomic E-state index is 11.2. The molecule has 1 N–H and O–H groups in total. The number of hydrogen-bond donors (Lipinski definition) is 1. The van der Waals surface area contributed by atoms with E-state index in [-0.39, 0.29) is 23.3 Å². The number of hydrogen-bond acceptors (Lipinski definition) is 2. The van der Waals surface area contributed by atoms with Crippen molar-refractivity contribution in [3.63, 3.8) is 0 Å². The van der Waals surface area contributed by atoms with Crippen LogP contribution in [0.15, 0.2) is 12.3 Å². The van der Waals surface area contributed by atoms with Crippen LogP contribution in [0.1, 0.15) is 43.7 Å². The van der Waals surface area contributed by atoms with Crippen LogP contribution >= 0.6 is 11.6 Å². The first kappa shape index (κ1) is 13.4. The molecule has 2 unspecified atom stereocenters. The molecule has 5 heteroatoms. The largest absolute Gasteiger partial charge is 0.477 e. The first-order chi connectivity index (χ1) is 8.37. The molecule has 1 fully saturated rings. The minimum atomic E-state index is -0.947. The van der Waals surface area contributed by atoms with Crippen molar-refractivity contribution in [3.05, 3.63) is 23.0 Å². The molecule has 100 valence electrons. The summed E-state index contributed by atoms with van der Waals surface area (Å²) in [5.41, 5.74) is 0.163. The van der Waals surface area contributed by atoms with Gasteiger partial charge in [-0.2, -0.15) is 0 Å². The fourth-order valence-corrected chi connectivity index (χ4v) is 2.90. The number of carboxylic acid groups (broad SMARTS) is 1. The Kier molecular flexibility index (Phi) is 3.43. The maximum absolute atomic E-state index is 11.2. The molecule has 1 aromatic rings. The van der Waals surface area contributed by atoms with Crippen LogP contribution in [-0.2, 0) is 4.74 Å². The summed E-state index contributed by atoms with van der Waals surface area (Å²) >= 11 is 5.91. The summed E-state index contributed by atoms with van der Waals surface area (Å²) in [5, 5.41) is 9.64. The lowest BCUT2D eigenvalue weighted by molar-refractivity contribution is -0.128. The molecule has 0 bridgehead atoms. The lowest BCUT2D eigenvalue weighted by atomic mass is 9.64. The number of halogens is 1. The van der Waals surface area contributed by atoms with Gasteiger partial charge in [0.05, 0.1) is 11.1 Å². The number of rotatable bonds is 4. The molecule has 0 spiro atoms. The van der Waals surface area contributed by atoms with Crippen LogP contribution in [0.3, 0.4) is 0 Å². The summed E-state index contributed by atoms with van der Waals surface area (Å²) in [6.07, 6.45) is 2.70. The van der Waals surface area contributed by atoms with E-state index in [1.54, 1.807) is 10.8 Å². The Morgan fingerprint density at radius 1 is 1.67 bits per heavy atom. The smallest absolute Gasteiger partial charge is 0.352 e. The molecule has 0 aliphatic heterocycles. The standard InChI is InChI=1S/C13H18ClNO3/c1-4-18-11-6-10(13(11,2)3)15-7-8(14)5-9(15)12(16)17/h5,7,10-11H,4,6H2,1-3H3,(H,16,17). The van der Waals surface area contributed by atoms with E-state index in [1.165, 1.54) is 6.07 Å². The van der Waals surface area contributed by atoms with Crippen LogP contribution in [0.5, 0.6) is 0 Å². The Morgan fingerprint density at radius 3 is 2.83 bits per heavy atom. The van der Waals surface area contributed by atoms with Crippen LogP contribution in [0.2, 0.25) is 5.02 Å². The van der Waals surface area contributed by atoms with Crippen molar-refractivity contribution in [3.8, 4) is 0 Å². The van der Waals surface area contributed by atoms with E-state index in [0.717, 1.165) is 6.42 Å². The van der Waals surface area contributed by atoms with Crippen LogP contribution in [0.25, 0.3) is 0 Å². The van der Waals surface area contributed by atoms with Crippen molar-refractivity contribution in [1.29, 1.82) is 0 Å². The van der Waals surface area contributed by atoms with Crippen molar-refractivity contribution in [2.24, 2.45) is 5.41 Å². The Hall–Kier alpha value is -1.00. The second kappa shape index (κ2) is 4.59. The molecule has 2 atom stereocenters. The number of aromatic nitrogens is 1. The topological polar surface area (TPSA) is 51.5 Å². The van der Waals surface area contributed by atoms with Gasteiger partial charge in [0.15, 0.2) is 0 Å². The average molecular weight is 272 g/mol. The first-order valence-corrected chi connectivity index (χ1v) is 6.48. The third-order valence-electron chi connectivity index (χ3n) is 3.86. The summed E-state index contributed by atoms with van der Waals surface area (Å²) in [6.45, 7) is 6.85. The zero-order chi connectivity index (χ0) is 13.5. The average Bonchev–Trinajstić information content (AvgIpc) is 2.65. The van der Waals surface area contributed by atoms with Gasteiger partial charge in [-0.1, -0.05) is 25.4 Å². The van der Waals surface area contributed by atoms with Crippen LogP contribution in [0, 0.1) is 5.41 Å². The summed E-state index contributed by atoms with van der Waals surface area (Å²) in [5.74, 6) is -0.947. The van der Waals surface area contributed by atoms with Gasteiger partial charge in [-0.3, -0.25) is 0 Å². The van der Waals surface area contributed by atoms with E-state index in [0.29, 0.717) is 11.6 Å². The quantitative estimate of drug-likeness (QED) is 0.915. The van der Waals surface area contributed by atoms with Gasteiger partial charge in [-0.25, -0.2) is 4.79 Å². The van der Waals surface area contributed by atoms with Gasteiger partial charge in [-0.15, -0.1) is 0 Å². The highest BCUT2D eigenvalue weighted by atomic mass is 35.5. The Labute approximate surface area is 112 Å². The molecule has 0 amide bonds. The lowest BCUT2D eigenvalue weighted by Crippen LogP contribution is -2.51. The van der Waals surface area contributed by atoms with E-state index < -0.39 is 5.97 Å². The molecule has 4 nitrogen and oxygen atoms in total. The highest BCUT2D eigenvalue weighted by molar-refractivity contribution is 6.30. The molecular formula is C13H18ClNO3. The number of carboxylic acids is 1. The van der Waals surface area contributed by atoms with Gasteiger partial charge in [0.1, 0.15) is 5.69 Å². The molecule has 0 radical (unpaired) electrons. The van der Waals surface area contributed by atoms with Gasteiger partial charge < -0.3 is 14.4 Å². The number of aromatic carboxylic acids is 1. The Balaban J connectivity index is 2.27. The number of ether oxygens (including phenoxy) is 1. The molecule has 1 aliphatic rings. The van der Waals surface area contributed by atoms with E-state index in [9.17, 15) is 9.90 Å². The predicted octanol–water partition coefficient (Wildman–Crippen LogP) is 3.22. The fourth-order valence-electron chi connectivity index (χ4n) is 2.70. The minimum Gasteiger partial charge on any atom is -0.477 e. The monoisotopic (exact) mass is 271 g/mol. The Bertz CT molecular complexity index is 467. The van der Waals surface area contributed by atoms with Crippen molar-refractivity contribution >= 4 is 17.6 Å². The van der Waals surface area contributed by atoms with E-state index in [2.05, 4.69) is 13.8 Å². The third-order valence-corrected chi connectivity index (χ3v) is 4.07. The molecule has 1 saturated carbocycles. The maximum Gasteiger partial charge on any atom is 0.352 e. The summed E-state index contributed by atoms with van der Waals surface area (Å²) in [4.78, 5) is 11.2. The molecule has 2 rings (SSSR count). The van der Waals surface area contributed by atoms with Gasteiger partial charge in [0, 0.05) is 24.3 Å². The van der Waals surface area contributed by atoms with Gasteiger partial charge in [-0.05, 0) is 19.4 Å². The number of nitrogens with zero attached hydrogens (tertiary/aromatic N) is 1. The zero-order valence-corrected chi connectivity index (χ0v) is 11.6. The normalized spacial score (nSPS) is 25.8. The molecule has 0 aromatic carbocycles. The minimum absolute atomic E-state index is 0.0808. The van der Waals surface area contributed by atoms with E-state index in [1.807, 2.05) is 6.92 Å². The molecule has 1 aromatic heterocycles. The third kappa shape index (κ3) is 2.04. The predicted molar refractivity (Wildman–Crippen MR) is 69.3 cm³/mol. The van der Waals surface area contributed by atoms with Crippen LogP contribution in [0.4, 0.5) is 0 Å². The second-order valence-corrected chi connectivity index (χ2v) is 5.71. The number of carbonyl (C=O) groups is 1. The SMILES string of the molecule is CCOC1CC(n2cc(Cl)cc2C(=O)O)C1(C)C. The Morgan fingerprint density at radius 2 is 2.33 bits per heavy atom. The van der Waals surface area contributed by atoms with Crippen LogP contribution in [-0.4, -0.2) is 28.4 Å². The fraction of sp³-hybridized carbons (Fsp3) is 0.615. The molecule has 1 heterocycles.